The van der Waals surface area contributed by atoms with Gasteiger partial charge in [-0.3, -0.25) is 14.4 Å². The Balaban J connectivity index is 1.79. The molecule has 5 heteroatoms. The molecule has 17 heavy (non-hydrogen) atoms. The van der Waals surface area contributed by atoms with E-state index in [1.165, 1.54) is 6.92 Å². The molecule has 1 aliphatic carbocycles. The normalized spacial score (nSPS) is 20.3. The van der Waals surface area contributed by atoms with Crippen molar-refractivity contribution in [1.82, 2.24) is 9.80 Å². The number of hydrogen-bond acceptors (Lipinski definition) is 3. The van der Waals surface area contributed by atoms with Crippen molar-refractivity contribution in [2.75, 3.05) is 26.2 Å². The average Bonchev–Trinajstić information content (AvgIpc) is 3.11. The SMILES string of the molecule is CC(=O)CC(=O)N1CCN(C(=O)C2CC2)CC1. The monoisotopic (exact) mass is 238 g/mol. The zero-order valence-corrected chi connectivity index (χ0v) is 10.1. The van der Waals surface area contributed by atoms with Crippen LogP contribution in [0.15, 0.2) is 0 Å². The Bertz CT molecular complexity index is 342. The number of rotatable bonds is 3. The van der Waals surface area contributed by atoms with Crippen LogP contribution in [0, 0.1) is 5.92 Å². The standard InChI is InChI=1S/C12H18N2O3/c1-9(15)8-11(16)13-4-6-14(7-5-13)12(17)10-2-3-10/h10H,2-8H2,1H3. The second-order valence-electron chi connectivity index (χ2n) is 4.86. The Hall–Kier alpha value is -1.39. The molecule has 2 rings (SSSR count). The van der Waals surface area contributed by atoms with Crippen LogP contribution in [-0.4, -0.2) is 53.6 Å². The predicted molar refractivity (Wildman–Crippen MR) is 61.2 cm³/mol. The van der Waals surface area contributed by atoms with Crippen molar-refractivity contribution in [3.8, 4) is 0 Å². The lowest BCUT2D eigenvalue weighted by molar-refractivity contribution is -0.141. The van der Waals surface area contributed by atoms with Crippen LogP contribution in [-0.2, 0) is 14.4 Å². The van der Waals surface area contributed by atoms with Gasteiger partial charge in [0.1, 0.15) is 5.78 Å². The number of piperazine rings is 1. The van der Waals surface area contributed by atoms with Gasteiger partial charge in [-0.25, -0.2) is 0 Å². The third-order valence-electron chi connectivity index (χ3n) is 3.27. The van der Waals surface area contributed by atoms with E-state index in [-0.39, 0.29) is 29.9 Å². The van der Waals surface area contributed by atoms with Crippen LogP contribution in [0.25, 0.3) is 0 Å². The summed E-state index contributed by atoms with van der Waals surface area (Å²) in [5, 5.41) is 0. The first-order valence-electron chi connectivity index (χ1n) is 6.14. The number of amides is 2. The van der Waals surface area contributed by atoms with Gasteiger partial charge in [-0.2, -0.15) is 0 Å². The highest BCUT2D eigenvalue weighted by Crippen LogP contribution is 2.31. The maximum Gasteiger partial charge on any atom is 0.230 e. The van der Waals surface area contributed by atoms with Crippen molar-refractivity contribution in [2.45, 2.75) is 26.2 Å². The average molecular weight is 238 g/mol. The van der Waals surface area contributed by atoms with Crippen LogP contribution in [0.3, 0.4) is 0 Å². The number of ketones is 1. The minimum atomic E-state index is -0.115. The van der Waals surface area contributed by atoms with E-state index < -0.39 is 0 Å². The van der Waals surface area contributed by atoms with Crippen LogP contribution in [0.2, 0.25) is 0 Å². The smallest absolute Gasteiger partial charge is 0.230 e. The summed E-state index contributed by atoms with van der Waals surface area (Å²) in [5.74, 6) is 0.264. The lowest BCUT2D eigenvalue weighted by atomic mass is 10.2. The molecule has 0 aromatic rings. The van der Waals surface area contributed by atoms with E-state index in [4.69, 9.17) is 0 Å². The Labute approximate surface area is 101 Å². The summed E-state index contributed by atoms with van der Waals surface area (Å²) in [7, 11) is 0. The highest BCUT2D eigenvalue weighted by molar-refractivity contribution is 5.96. The molecule has 94 valence electrons. The summed E-state index contributed by atoms with van der Waals surface area (Å²) in [5.41, 5.74) is 0. The topological polar surface area (TPSA) is 57.7 Å². The minimum Gasteiger partial charge on any atom is -0.339 e. The fourth-order valence-corrected chi connectivity index (χ4v) is 2.09. The lowest BCUT2D eigenvalue weighted by Crippen LogP contribution is -2.51. The Morgan fingerprint density at radius 3 is 2.00 bits per heavy atom. The fraction of sp³-hybridized carbons (Fsp3) is 0.750. The third-order valence-corrected chi connectivity index (χ3v) is 3.27. The first kappa shape index (κ1) is 12.1. The molecule has 1 saturated carbocycles. The number of hydrogen-bond donors (Lipinski definition) is 0. The van der Waals surface area contributed by atoms with Gasteiger partial charge in [0, 0.05) is 32.1 Å². The molecular weight excluding hydrogens is 220 g/mol. The van der Waals surface area contributed by atoms with Crippen molar-refractivity contribution in [3.05, 3.63) is 0 Å². The molecule has 0 aromatic heterocycles. The van der Waals surface area contributed by atoms with Gasteiger partial charge in [0.2, 0.25) is 11.8 Å². The Morgan fingerprint density at radius 1 is 1.00 bits per heavy atom. The first-order valence-corrected chi connectivity index (χ1v) is 6.14. The van der Waals surface area contributed by atoms with Gasteiger partial charge in [-0.1, -0.05) is 0 Å². The molecule has 2 fully saturated rings. The van der Waals surface area contributed by atoms with Crippen LogP contribution in [0.4, 0.5) is 0 Å². The number of Topliss-reactive ketones (excluding diaryl/α,β-unsaturated/α-hetero) is 1. The summed E-state index contributed by atoms with van der Waals surface area (Å²) in [6.45, 7) is 3.76. The van der Waals surface area contributed by atoms with Gasteiger partial charge >= 0.3 is 0 Å². The van der Waals surface area contributed by atoms with Crippen molar-refractivity contribution >= 4 is 17.6 Å². The molecule has 0 spiro atoms. The highest BCUT2D eigenvalue weighted by Gasteiger charge is 2.35. The second kappa shape index (κ2) is 4.85. The van der Waals surface area contributed by atoms with Gasteiger partial charge in [-0.05, 0) is 19.8 Å². The highest BCUT2D eigenvalue weighted by atomic mass is 16.2. The van der Waals surface area contributed by atoms with Gasteiger partial charge in [0.25, 0.3) is 0 Å². The van der Waals surface area contributed by atoms with Crippen molar-refractivity contribution in [2.24, 2.45) is 5.92 Å². The molecule has 0 bridgehead atoms. The van der Waals surface area contributed by atoms with Crippen LogP contribution < -0.4 is 0 Å². The predicted octanol–water partition coefficient (Wildman–Crippen LogP) is 0.0463. The van der Waals surface area contributed by atoms with Crippen LogP contribution in [0.1, 0.15) is 26.2 Å². The van der Waals surface area contributed by atoms with E-state index in [0.29, 0.717) is 26.2 Å². The van der Waals surface area contributed by atoms with E-state index >= 15 is 0 Å². The number of nitrogens with zero attached hydrogens (tertiary/aromatic N) is 2. The van der Waals surface area contributed by atoms with Gasteiger partial charge in [0.05, 0.1) is 6.42 Å². The van der Waals surface area contributed by atoms with Gasteiger partial charge in [0.15, 0.2) is 0 Å². The molecule has 0 radical (unpaired) electrons. The Morgan fingerprint density at radius 2 is 1.53 bits per heavy atom. The van der Waals surface area contributed by atoms with E-state index in [1.54, 1.807) is 4.90 Å². The molecule has 0 unspecified atom stereocenters. The van der Waals surface area contributed by atoms with Crippen molar-refractivity contribution in [1.29, 1.82) is 0 Å². The summed E-state index contributed by atoms with van der Waals surface area (Å²) < 4.78 is 0. The van der Waals surface area contributed by atoms with Crippen molar-refractivity contribution < 1.29 is 14.4 Å². The summed E-state index contributed by atoms with van der Waals surface area (Å²) in [4.78, 5) is 37.8. The zero-order chi connectivity index (χ0) is 12.4. The fourth-order valence-electron chi connectivity index (χ4n) is 2.09. The molecular formula is C12H18N2O3. The molecule has 2 amide bonds. The molecule has 1 saturated heterocycles. The van der Waals surface area contributed by atoms with E-state index in [1.807, 2.05) is 4.90 Å². The van der Waals surface area contributed by atoms with Gasteiger partial charge < -0.3 is 9.80 Å². The molecule has 1 aliphatic heterocycles. The maximum absolute atomic E-state index is 11.8. The van der Waals surface area contributed by atoms with E-state index in [0.717, 1.165) is 12.8 Å². The number of carbonyl (C=O) groups is 3. The quantitative estimate of drug-likeness (QED) is 0.653. The minimum absolute atomic E-state index is 0.0173. The van der Waals surface area contributed by atoms with Gasteiger partial charge in [-0.15, -0.1) is 0 Å². The van der Waals surface area contributed by atoms with Crippen LogP contribution in [0.5, 0.6) is 0 Å². The third kappa shape index (κ3) is 3.05. The summed E-state index contributed by atoms with van der Waals surface area (Å²) >= 11 is 0. The molecule has 0 atom stereocenters. The zero-order valence-electron chi connectivity index (χ0n) is 10.1. The summed E-state index contributed by atoms with van der Waals surface area (Å²) in [6, 6.07) is 0. The van der Waals surface area contributed by atoms with Crippen LogP contribution >= 0.6 is 0 Å². The van der Waals surface area contributed by atoms with E-state index in [9.17, 15) is 14.4 Å². The molecule has 1 heterocycles. The van der Waals surface area contributed by atoms with Crippen molar-refractivity contribution in [3.63, 3.8) is 0 Å². The molecule has 0 aromatic carbocycles. The molecule has 2 aliphatic rings. The number of carbonyl (C=O) groups excluding carboxylic acids is 3. The summed E-state index contributed by atoms with van der Waals surface area (Å²) in [6.07, 6.45) is 2.02. The Kier molecular flexibility index (Phi) is 3.45. The second-order valence-corrected chi connectivity index (χ2v) is 4.86. The molecule has 0 N–H and O–H groups in total. The van der Waals surface area contributed by atoms with E-state index in [2.05, 4.69) is 0 Å². The molecule has 5 nitrogen and oxygen atoms in total. The first-order chi connectivity index (χ1) is 8.08. The lowest BCUT2D eigenvalue weighted by Gasteiger charge is -2.34. The maximum atomic E-state index is 11.8. The largest absolute Gasteiger partial charge is 0.339 e.